The number of rotatable bonds is 7. The van der Waals surface area contributed by atoms with Crippen molar-refractivity contribution in [1.29, 1.82) is 0 Å². The number of para-hydroxylation sites is 2. The van der Waals surface area contributed by atoms with Crippen molar-refractivity contribution in [2.45, 2.75) is 19.3 Å². The lowest BCUT2D eigenvalue weighted by Gasteiger charge is -2.42. The summed E-state index contributed by atoms with van der Waals surface area (Å²) in [5, 5.41) is 0. The quantitative estimate of drug-likeness (QED) is 0.437. The SMILES string of the molecule is CN1CC(C(=O)N2CC(COc3cc(-n4c(C(F)F)nc5ccccc54)nc(N4CCOCC4)n3)C2)CCC1=O. The maximum Gasteiger partial charge on any atom is 0.296 e. The molecule has 0 aliphatic carbocycles. The molecule has 3 fully saturated rings. The third-order valence-electron chi connectivity index (χ3n) is 7.69. The Morgan fingerprint density at radius 1 is 1.12 bits per heavy atom. The number of aromatic nitrogens is 4. The molecule has 40 heavy (non-hydrogen) atoms. The van der Waals surface area contributed by atoms with Crippen molar-refractivity contribution in [3.8, 4) is 11.7 Å². The molecule has 6 rings (SSSR count). The lowest BCUT2D eigenvalue weighted by molar-refractivity contribution is -0.147. The van der Waals surface area contributed by atoms with Crippen LogP contribution in [0.2, 0.25) is 0 Å². The normalized spacial score (nSPS) is 20.4. The molecule has 5 heterocycles. The molecule has 0 saturated carbocycles. The second kappa shape index (κ2) is 11.0. The molecule has 2 amide bonds. The molecule has 3 aromatic rings. The van der Waals surface area contributed by atoms with Gasteiger partial charge in [0.1, 0.15) is 5.82 Å². The number of amides is 2. The second-order valence-corrected chi connectivity index (χ2v) is 10.5. The lowest BCUT2D eigenvalue weighted by atomic mass is 9.92. The van der Waals surface area contributed by atoms with E-state index in [9.17, 15) is 18.4 Å². The number of morpholine rings is 1. The predicted molar refractivity (Wildman–Crippen MR) is 141 cm³/mol. The Bertz CT molecular complexity index is 1400. The highest BCUT2D eigenvalue weighted by molar-refractivity contribution is 5.84. The van der Waals surface area contributed by atoms with Gasteiger partial charge in [0.15, 0.2) is 5.82 Å². The van der Waals surface area contributed by atoms with Crippen molar-refractivity contribution in [2.24, 2.45) is 11.8 Å². The Morgan fingerprint density at radius 3 is 2.65 bits per heavy atom. The standard InChI is InChI=1S/C27H31F2N7O4/c1-33-15-18(6-7-23(33)37)26(38)35-13-17(14-35)16-40-22-12-21(31-27(32-22)34-8-10-39-11-9-34)36-20-5-3-2-4-19(20)30-25(36)24(28)29/h2-5,12,17-18,24H,6-11,13-16H2,1H3. The first-order valence-corrected chi connectivity index (χ1v) is 13.5. The fraction of sp³-hybridized carbons (Fsp3) is 0.519. The van der Waals surface area contributed by atoms with Gasteiger partial charge in [0.2, 0.25) is 23.6 Å². The van der Waals surface area contributed by atoms with Crippen LogP contribution in [0.25, 0.3) is 16.9 Å². The molecule has 13 heteroatoms. The Labute approximate surface area is 229 Å². The zero-order chi connectivity index (χ0) is 27.8. The minimum atomic E-state index is -2.81. The zero-order valence-corrected chi connectivity index (χ0v) is 22.2. The number of imidazole rings is 1. The minimum absolute atomic E-state index is 0.0704. The number of likely N-dealkylation sites (tertiary alicyclic amines) is 2. The summed E-state index contributed by atoms with van der Waals surface area (Å²) in [6.07, 6.45) is -1.83. The summed E-state index contributed by atoms with van der Waals surface area (Å²) in [6.45, 7) is 4.04. The van der Waals surface area contributed by atoms with Gasteiger partial charge in [-0.3, -0.25) is 14.2 Å². The van der Waals surface area contributed by atoms with E-state index in [2.05, 4.69) is 15.0 Å². The van der Waals surface area contributed by atoms with Gasteiger partial charge in [0.05, 0.1) is 36.8 Å². The number of ether oxygens (including phenoxy) is 2. The van der Waals surface area contributed by atoms with Gasteiger partial charge in [-0.25, -0.2) is 13.8 Å². The van der Waals surface area contributed by atoms with Crippen LogP contribution in [0.4, 0.5) is 14.7 Å². The van der Waals surface area contributed by atoms with E-state index in [0.717, 1.165) is 0 Å². The van der Waals surface area contributed by atoms with E-state index in [0.29, 0.717) is 82.4 Å². The second-order valence-electron chi connectivity index (χ2n) is 10.5. The number of piperidine rings is 1. The molecule has 212 valence electrons. The first-order valence-electron chi connectivity index (χ1n) is 13.5. The van der Waals surface area contributed by atoms with E-state index in [1.165, 1.54) is 4.57 Å². The molecule has 11 nitrogen and oxygen atoms in total. The third kappa shape index (κ3) is 5.17. The minimum Gasteiger partial charge on any atom is -0.477 e. The van der Waals surface area contributed by atoms with Crippen LogP contribution in [0.15, 0.2) is 30.3 Å². The van der Waals surface area contributed by atoms with E-state index in [4.69, 9.17) is 9.47 Å². The molecule has 0 spiro atoms. The van der Waals surface area contributed by atoms with Crippen LogP contribution in [-0.4, -0.2) is 101 Å². The summed E-state index contributed by atoms with van der Waals surface area (Å²) in [7, 11) is 1.73. The molecular formula is C27H31F2N7O4. The summed E-state index contributed by atoms with van der Waals surface area (Å²) in [6, 6.07) is 8.49. The third-order valence-corrected chi connectivity index (χ3v) is 7.69. The fourth-order valence-electron chi connectivity index (χ4n) is 5.46. The molecule has 1 unspecified atom stereocenters. The number of anilines is 1. The molecule has 1 aromatic carbocycles. The Kier molecular flexibility index (Phi) is 7.22. The van der Waals surface area contributed by atoms with Crippen LogP contribution in [0.3, 0.4) is 0 Å². The molecule has 0 radical (unpaired) electrons. The molecule has 3 saturated heterocycles. The Hall–Kier alpha value is -3.87. The largest absolute Gasteiger partial charge is 0.477 e. The van der Waals surface area contributed by atoms with E-state index in [1.807, 2.05) is 4.90 Å². The van der Waals surface area contributed by atoms with Gasteiger partial charge >= 0.3 is 0 Å². The van der Waals surface area contributed by atoms with Crippen molar-refractivity contribution < 1.29 is 27.8 Å². The highest BCUT2D eigenvalue weighted by atomic mass is 19.3. The van der Waals surface area contributed by atoms with Crippen molar-refractivity contribution in [2.75, 3.05) is 64.5 Å². The number of hydrogen-bond acceptors (Lipinski definition) is 8. The Morgan fingerprint density at radius 2 is 1.90 bits per heavy atom. The molecular weight excluding hydrogens is 524 g/mol. The van der Waals surface area contributed by atoms with Crippen LogP contribution in [0.5, 0.6) is 5.88 Å². The monoisotopic (exact) mass is 555 g/mol. The zero-order valence-electron chi connectivity index (χ0n) is 22.2. The van der Waals surface area contributed by atoms with Crippen molar-refractivity contribution >= 4 is 28.8 Å². The van der Waals surface area contributed by atoms with Gasteiger partial charge in [0.25, 0.3) is 6.43 Å². The van der Waals surface area contributed by atoms with Crippen LogP contribution in [0.1, 0.15) is 25.1 Å². The number of alkyl halides is 2. The predicted octanol–water partition coefficient (Wildman–Crippen LogP) is 2.30. The van der Waals surface area contributed by atoms with Gasteiger partial charge in [-0.15, -0.1) is 0 Å². The number of nitrogens with zero attached hydrogens (tertiary/aromatic N) is 7. The highest BCUT2D eigenvalue weighted by Crippen LogP contribution is 2.30. The molecule has 3 aliphatic heterocycles. The molecule has 0 bridgehead atoms. The van der Waals surface area contributed by atoms with E-state index < -0.39 is 12.2 Å². The molecule has 2 aromatic heterocycles. The lowest BCUT2D eigenvalue weighted by Crippen LogP contribution is -2.56. The first kappa shape index (κ1) is 26.4. The topological polar surface area (TPSA) is 106 Å². The first-order chi connectivity index (χ1) is 19.4. The Balaban J connectivity index is 1.20. The van der Waals surface area contributed by atoms with Crippen LogP contribution >= 0.6 is 0 Å². The number of carbonyl (C=O) groups excluding carboxylic acids is 2. The van der Waals surface area contributed by atoms with Crippen molar-refractivity contribution in [1.82, 2.24) is 29.3 Å². The van der Waals surface area contributed by atoms with Gasteiger partial charge in [-0.1, -0.05) is 12.1 Å². The number of halogens is 2. The van der Waals surface area contributed by atoms with Gasteiger partial charge < -0.3 is 24.2 Å². The van der Waals surface area contributed by atoms with Crippen molar-refractivity contribution in [3.05, 3.63) is 36.2 Å². The number of hydrogen-bond donors (Lipinski definition) is 0. The molecule has 3 aliphatic rings. The van der Waals surface area contributed by atoms with Crippen LogP contribution in [-0.2, 0) is 14.3 Å². The highest BCUT2D eigenvalue weighted by Gasteiger charge is 2.37. The maximum atomic E-state index is 14.1. The smallest absolute Gasteiger partial charge is 0.296 e. The average Bonchev–Trinajstić information content (AvgIpc) is 3.34. The van der Waals surface area contributed by atoms with Crippen molar-refractivity contribution in [3.63, 3.8) is 0 Å². The summed E-state index contributed by atoms with van der Waals surface area (Å²) < 4.78 is 41.0. The number of benzene rings is 1. The van der Waals surface area contributed by atoms with E-state index >= 15 is 0 Å². The van der Waals surface area contributed by atoms with Crippen LogP contribution < -0.4 is 9.64 Å². The van der Waals surface area contributed by atoms with Gasteiger partial charge in [-0.05, 0) is 18.6 Å². The van der Waals surface area contributed by atoms with Gasteiger partial charge in [0, 0.05) is 58.2 Å². The summed E-state index contributed by atoms with van der Waals surface area (Å²) in [4.78, 5) is 43.4. The fourth-order valence-corrected chi connectivity index (χ4v) is 5.46. The van der Waals surface area contributed by atoms with E-state index in [1.54, 1.807) is 47.2 Å². The average molecular weight is 556 g/mol. The van der Waals surface area contributed by atoms with Gasteiger partial charge in [-0.2, -0.15) is 9.97 Å². The number of fused-ring (bicyclic) bond motifs is 1. The summed E-state index contributed by atoms with van der Waals surface area (Å²) >= 11 is 0. The number of carbonyl (C=O) groups is 2. The molecule has 1 atom stereocenters. The van der Waals surface area contributed by atoms with Crippen LogP contribution in [0, 0.1) is 11.8 Å². The molecule has 0 N–H and O–H groups in total. The maximum absolute atomic E-state index is 14.1. The van der Waals surface area contributed by atoms with E-state index in [-0.39, 0.29) is 35.3 Å². The summed E-state index contributed by atoms with van der Waals surface area (Å²) in [5.74, 6) is 0.572. The summed E-state index contributed by atoms with van der Waals surface area (Å²) in [5.41, 5.74) is 0.957.